The largest absolute Gasteiger partial charge is 0.372 e. The van der Waals surface area contributed by atoms with Crippen LogP contribution in [-0.2, 0) is 4.79 Å². The summed E-state index contributed by atoms with van der Waals surface area (Å²) in [5.74, 6) is -0.100. The molecule has 1 atom stereocenters. The van der Waals surface area contributed by atoms with Gasteiger partial charge in [0.25, 0.3) is 5.56 Å². The van der Waals surface area contributed by atoms with Gasteiger partial charge in [-0.05, 0) is 70.0 Å². The molecule has 1 amide bonds. The lowest BCUT2D eigenvalue weighted by atomic mass is 10.1. The van der Waals surface area contributed by atoms with Crippen LogP contribution in [0.4, 0.5) is 11.4 Å². The Bertz CT molecular complexity index is 1380. The van der Waals surface area contributed by atoms with E-state index >= 15 is 0 Å². The Kier molecular flexibility index (Phi) is 6.22. The Morgan fingerprint density at radius 2 is 1.79 bits per heavy atom. The number of nitrogens with one attached hydrogen (secondary N) is 1. The van der Waals surface area contributed by atoms with Gasteiger partial charge in [-0.15, -0.1) is 0 Å². The molecule has 0 bridgehead atoms. The minimum absolute atomic E-state index is 0.100. The number of benzene rings is 2. The second kappa shape index (κ2) is 9.10. The van der Waals surface area contributed by atoms with E-state index in [0.29, 0.717) is 12.1 Å². The number of amides is 1. The van der Waals surface area contributed by atoms with E-state index in [1.165, 1.54) is 6.07 Å². The minimum Gasteiger partial charge on any atom is -0.372 e. The highest BCUT2D eigenvalue weighted by molar-refractivity contribution is 5.98. The molecule has 1 unspecified atom stereocenters. The van der Waals surface area contributed by atoms with Crippen LogP contribution >= 0.6 is 0 Å². The van der Waals surface area contributed by atoms with Crippen molar-refractivity contribution in [2.45, 2.75) is 47.1 Å². The van der Waals surface area contributed by atoms with Crippen LogP contribution in [0.5, 0.6) is 0 Å². The van der Waals surface area contributed by atoms with Crippen LogP contribution in [0.3, 0.4) is 0 Å². The maximum absolute atomic E-state index is 13.6. The third-order valence-electron chi connectivity index (χ3n) is 6.27. The molecule has 0 aliphatic heterocycles. The van der Waals surface area contributed by atoms with Gasteiger partial charge >= 0.3 is 0 Å². The van der Waals surface area contributed by atoms with Gasteiger partial charge in [0.15, 0.2) is 5.65 Å². The zero-order chi connectivity index (χ0) is 23.7. The number of anilines is 2. The summed E-state index contributed by atoms with van der Waals surface area (Å²) in [6.07, 6.45) is 0.585. The Morgan fingerprint density at radius 3 is 2.45 bits per heavy atom. The molecule has 172 valence electrons. The summed E-state index contributed by atoms with van der Waals surface area (Å²) in [4.78, 5) is 32.2. The average Bonchev–Trinajstić information content (AvgIpc) is 3.11. The molecule has 2 heterocycles. The SMILES string of the molecule is CCC(C(=O)Nc1ccc(N(CC)CC)cc1C)n1c2ccccc2c2nc(=O)cc(C)n21. The molecule has 2 aromatic heterocycles. The Labute approximate surface area is 193 Å². The Hall–Kier alpha value is -3.61. The molecular formula is C26H31N5O2. The lowest BCUT2D eigenvalue weighted by Crippen LogP contribution is -2.29. The Morgan fingerprint density at radius 1 is 1.06 bits per heavy atom. The van der Waals surface area contributed by atoms with Crippen molar-refractivity contribution in [2.24, 2.45) is 0 Å². The summed E-state index contributed by atoms with van der Waals surface area (Å²) in [5.41, 5.74) is 4.87. The molecule has 0 saturated carbocycles. The van der Waals surface area contributed by atoms with Crippen molar-refractivity contribution in [3.8, 4) is 0 Å². The molecule has 0 spiro atoms. The van der Waals surface area contributed by atoms with Crippen LogP contribution in [0.1, 0.15) is 44.5 Å². The fraction of sp³-hybridized carbons (Fsp3) is 0.346. The second-order valence-corrected chi connectivity index (χ2v) is 8.32. The van der Waals surface area contributed by atoms with Crippen LogP contribution in [-0.4, -0.2) is 33.2 Å². The summed E-state index contributed by atoms with van der Waals surface area (Å²) >= 11 is 0. The van der Waals surface area contributed by atoms with Gasteiger partial charge in [0.05, 0.1) is 5.52 Å². The Balaban J connectivity index is 1.77. The fourth-order valence-electron chi connectivity index (χ4n) is 4.57. The predicted molar refractivity (Wildman–Crippen MR) is 134 cm³/mol. The molecule has 4 rings (SSSR count). The number of hydrogen-bond acceptors (Lipinski definition) is 4. The van der Waals surface area contributed by atoms with Crippen molar-refractivity contribution in [1.29, 1.82) is 0 Å². The topological polar surface area (TPSA) is 71.6 Å². The van der Waals surface area contributed by atoms with E-state index in [4.69, 9.17) is 0 Å². The summed E-state index contributed by atoms with van der Waals surface area (Å²) in [6.45, 7) is 12.0. The third kappa shape index (κ3) is 3.99. The van der Waals surface area contributed by atoms with Gasteiger partial charge in [0.2, 0.25) is 5.91 Å². The standard InChI is InChI=1S/C26H31N5O2/c1-6-22(26(33)27-21-14-13-19(15-17(21)4)29(7-2)8-3)31-23-12-10-9-11-20(23)25-28-24(32)16-18(5)30(25)31/h9-16,22H,6-8H2,1-5H3,(H,27,33). The first-order valence-electron chi connectivity index (χ1n) is 11.6. The predicted octanol–water partition coefficient (Wildman–Crippen LogP) is 4.70. The highest BCUT2D eigenvalue weighted by atomic mass is 16.2. The van der Waals surface area contributed by atoms with Gasteiger partial charge in [-0.25, -0.2) is 4.52 Å². The molecule has 33 heavy (non-hydrogen) atoms. The van der Waals surface area contributed by atoms with E-state index in [0.717, 1.165) is 46.6 Å². The number of nitrogens with zero attached hydrogens (tertiary/aromatic N) is 4. The lowest BCUT2D eigenvalue weighted by Gasteiger charge is -2.23. The second-order valence-electron chi connectivity index (χ2n) is 8.32. The molecule has 0 aliphatic carbocycles. The van der Waals surface area contributed by atoms with E-state index in [-0.39, 0.29) is 11.5 Å². The highest BCUT2D eigenvalue weighted by Crippen LogP contribution is 2.28. The van der Waals surface area contributed by atoms with Crippen LogP contribution in [0.2, 0.25) is 0 Å². The van der Waals surface area contributed by atoms with Crippen LogP contribution in [0.25, 0.3) is 16.6 Å². The number of aryl methyl sites for hydroxylation is 2. The van der Waals surface area contributed by atoms with E-state index < -0.39 is 6.04 Å². The molecular weight excluding hydrogens is 414 g/mol. The van der Waals surface area contributed by atoms with Crippen molar-refractivity contribution in [2.75, 3.05) is 23.3 Å². The molecule has 1 N–H and O–H groups in total. The summed E-state index contributed by atoms with van der Waals surface area (Å²) in [7, 11) is 0. The van der Waals surface area contributed by atoms with Crippen molar-refractivity contribution < 1.29 is 4.79 Å². The third-order valence-corrected chi connectivity index (χ3v) is 6.27. The highest BCUT2D eigenvalue weighted by Gasteiger charge is 2.25. The molecule has 0 aliphatic rings. The molecule has 0 saturated heterocycles. The van der Waals surface area contributed by atoms with Gasteiger partial charge in [0.1, 0.15) is 6.04 Å². The van der Waals surface area contributed by atoms with Crippen LogP contribution < -0.4 is 15.8 Å². The first kappa shape index (κ1) is 22.6. The zero-order valence-electron chi connectivity index (χ0n) is 19.9. The number of para-hydroxylation sites is 1. The van der Waals surface area contributed by atoms with Gasteiger partial charge in [-0.3, -0.25) is 14.3 Å². The quantitative estimate of drug-likeness (QED) is 0.448. The van der Waals surface area contributed by atoms with E-state index in [1.807, 2.05) is 60.3 Å². The molecule has 4 aromatic rings. The van der Waals surface area contributed by atoms with Crippen molar-refractivity contribution in [3.05, 3.63) is 70.1 Å². The van der Waals surface area contributed by atoms with E-state index in [2.05, 4.69) is 41.2 Å². The van der Waals surface area contributed by atoms with Gasteiger partial charge in [-0.2, -0.15) is 4.98 Å². The van der Waals surface area contributed by atoms with E-state index in [1.54, 1.807) is 0 Å². The molecule has 0 fully saturated rings. The van der Waals surface area contributed by atoms with E-state index in [9.17, 15) is 9.59 Å². The number of fused-ring (bicyclic) bond motifs is 3. The van der Waals surface area contributed by atoms with Crippen molar-refractivity contribution in [1.82, 2.24) is 14.2 Å². The van der Waals surface area contributed by atoms with Crippen LogP contribution in [0, 0.1) is 13.8 Å². The van der Waals surface area contributed by atoms with Crippen LogP contribution in [0.15, 0.2) is 53.3 Å². The molecule has 7 nitrogen and oxygen atoms in total. The maximum Gasteiger partial charge on any atom is 0.273 e. The minimum atomic E-state index is -0.475. The molecule has 7 heteroatoms. The van der Waals surface area contributed by atoms with Gasteiger partial charge in [0, 0.05) is 41.6 Å². The van der Waals surface area contributed by atoms with Crippen molar-refractivity contribution in [3.63, 3.8) is 0 Å². The first-order valence-corrected chi connectivity index (χ1v) is 11.6. The number of carbonyl (C=O) groups excluding carboxylic acids is 1. The number of rotatable bonds is 7. The lowest BCUT2D eigenvalue weighted by molar-refractivity contribution is -0.119. The van der Waals surface area contributed by atoms with Gasteiger partial charge in [-0.1, -0.05) is 19.1 Å². The summed E-state index contributed by atoms with van der Waals surface area (Å²) < 4.78 is 3.84. The molecule has 0 radical (unpaired) electrons. The smallest absolute Gasteiger partial charge is 0.273 e. The van der Waals surface area contributed by atoms with Gasteiger partial charge < -0.3 is 10.2 Å². The fourth-order valence-corrected chi connectivity index (χ4v) is 4.57. The normalized spacial score (nSPS) is 12.3. The monoisotopic (exact) mass is 445 g/mol. The average molecular weight is 446 g/mol. The number of hydrogen-bond donors (Lipinski definition) is 1. The summed E-state index contributed by atoms with van der Waals surface area (Å²) in [6, 6.07) is 14.9. The summed E-state index contributed by atoms with van der Waals surface area (Å²) in [5, 5.41) is 3.99. The number of aromatic nitrogens is 3. The maximum atomic E-state index is 13.6. The van der Waals surface area contributed by atoms with Crippen molar-refractivity contribution >= 4 is 33.8 Å². The number of carbonyl (C=O) groups is 1. The zero-order valence-corrected chi connectivity index (χ0v) is 19.9. The first-order chi connectivity index (χ1) is 15.9. The molecule has 2 aromatic carbocycles.